The van der Waals surface area contributed by atoms with Crippen LogP contribution in [0.25, 0.3) is 0 Å². The van der Waals surface area contributed by atoms with Crippen LogP contribution in [0.3, 0.4) is 0 Å². The first-order valence-corrected chi connectivity index (χ1v) is 9.31. The Morgan fingerprint density at radius 2 is 1.86 bits per heavy atom. The van der Waals surface area contributed by atoms with Crippen molar-refractivity contribution in [2.24, 2.45) is 0 Å². The van der Waals surface area contributed by atoms with Gasteiger partial charge in [0.2, 0.25) is 0 Å². The molecule has 2 aromatic rings. The Bertz CT molecular complexity index is 864. The van der Waals surface area contributed by atoms with Crippen molar-refractivity contribution < 1.29 is 23.8 Å². The van der Waals surface area contributed by atoms with Gasteiger partial charge in [-0.1, -0.05) is 0 Å². The second-order valence-corrected chi connectivity index (χ2v) is 6.40. The standard InChI is InChI=1S/C21H24N2O5/c1-4-26-19-11-15-10-13(3)28-18(15)12-17(19)23-20(24)14-6-8-16(9-7-14)22-21(25)27-5-2/h6-9,11-13H,4-5,10H2,1-3H3,(H,22,25)(H,23,24). The Morgan fingerprint density at radius 3 is 2.54 bits per heavy atom. The summed E-state index contributed by atoms with van der Waals surface area (Å²) in [7, 11) is 0. The lowest BCUT2D eigenvalue weighted by molar-refractivity contribution is 0.102. The third-order valence-corrected chi connectivity index (χ3v) is 4.22. The summed E-state index contributed by atoms with van der Waals surface area (Å²) in [4.78, 5) is 24.1. The normalized spacial score (nSPS) is 14.6. The van der Waals surface area contributed by atoms with E-state index in [0.717, 1.165) is 17.7 Å². The maximum absolute atomic E-state index is 12.7. The zero-order valence-electron chi connectivity index (χ0n) is 16.2. The topological polar surface area (TPSA) is 85.9 Å². The van der Waals surface area contributed by atoms with Gasteiger partial charge in [0, 0.05) is 29.3 Å². The first-order chi connectivity index (χ1) is 13.5. The molecule has 0 aliphatic carbocycles. The SMILES string of the molecule is CCOC(=O)Nc1ccc(C(=O)Nc2cc3c(cc2OCC)CC(C)O3)cc1. The van der Waals surface area contributed by atoms with Gasteiger partial charge in [0.1, 0.15) is 17.6 Å². The molecule has 1 heterocycles. The van der Waals surface area contributed by atoms with Crippen molar-refractivity contribution in [3.05, 3.63) is 47.5 Å². The van der Waals surface area contributed by atoms with E-state index in [-0.39, 0.29) is 18.6 Å². The van der Waals surface area contributed by atoms with Crippen LogP contribution in [0.2, 0.25) is 0 Å². The van der Waals surface area contributed by atoms with Crippen LogP contribution in [-0.2, 0) is 11.2 Å². The quantitative estimate of drug-likeness (QED) is 0.778. The van der Waals surface area contributed by atoms with Crippen molar-refractivity contribution in [1.82, 2.24) is 0 Å². The lowest BCUT2D eigenvalue weighted by Crippen LogP contribution is -2.15. The Kier molecular flexibility index (Phi) is 6.03. The summed E-state index contributed by atoms with van der Waals surface area (Å²) >= 11 is 0. The van der Waals surface area contributed by atoms with Crippen molar-refractivity contribution in [2.75, 3.05) is 23.8 Å². The van der Waals surface area contributed by atoms with E-state index in [1.165, 1.54) is 0 Å². The van der Waals surface area contributed by atoms with Gasteiger partial charge < -0.3 is 19.5 Å². The van der Waals surface area contributed by atoms with E-state index < -0.39 is 6.09 Å². The number of rotatable bonds is 6. The highest BCUT2D eigenvalue weighted by Gasteiger charge is 2.22. The fraction of sp³-hybridized carbons (Fsp3) is 0.333. The number of carbonyl (C=O) groups is 2. The first kappa shape index (κ1) is 19.5. The number of ether oxygens (including phenoxy) is 3. The van der Waals surface area contributed by atoms with E-state index in [4.69, 9.17) is 14.2 Å². The van der Waals surface area contributed by atoms with Crippen LogP contribution in [-0.4, -0.2) is 31.3 Å². The van der Waals surface area contributed by atoms with Crippen molar-refractivity contribution in [3.63, 3.8) is 0 Å². The maximum atomic E-state index is 12.7. The van der Waals surface area contributed by atoms with Gasteiger partial charge in [0.05, 0.1) is 18.9 Å². The molecule has 0 saturated heterocycles. The average molecular weight is 384 g/mol. The summed E-state index contributed by atoms with van der Waals surface area (Å²) in [5.74, 6) is 1.10. The third-order valence-electron chi connectivity index (χ3n) is 4.22. The third kappa shape index (κ3) is 4.54. The largest absolute Gasteiger partial charge is 0.492 e. The lowest BCUT2D eigenvalue weighted by atomic mass is 10.1. The summed E-state index contributed by atoms with van der Waals surface area (Å²) in [6, 6.07) is 10.3. The molecule has 0 bridgehead atoms. The molecular formula is C21H24N2O5. The van der Waals surface area contributed by atoms with Crippen molar-refractivity contribution >= 4 is 23.4 Å². The number of fused-ring (bicyclic) bond motifs is 1. The maximum Gasteiger partial charge on any atom is 0.411 e. The number of nitrogens with one attached hydrogen (secondary N) is 2. The fourth-order valence-corrected chi connectivity index (χ4v) is 3.00. The molecule has 1 aliphatic heterocycles. The van der Waals surface area contributed by atoms with Gasteiger partial charge in [-0.05, 0) is 51.1 Å². The number of amides is 2. The van der Waals surface area contributed by atoms with Crippen LogP contribution in [0.4, 0.5) is 16.2 Å². The van der Waals surface area contributed by atoms with Crippen LogP contribution in [0.1, 0.15) is 36.7 Å². The van der Waals surface area contributed by atoms with Gasteiger partial charge in [0.15, 0.2) is 0 Å². The highest BCUT2D eigenvalue weighted by atomic mass is 16.5. The van der Waals surface area contributed by atoms with Crippen molar-refractivity contribution in [1.29, 1.82) is 0 Å². The first-order valence-electron chi connectivity index (χ1n) is 9.31. The smallest absolute Gasteiger partial charge is 0.411 e. The van der Waals surface area contributed by atoms with E-state index in [2.05, 4.69) is 10.6 Å². The summed E-state index contributed by atoms with van der Waals surface area (Å²) in [5, 5.41) is 5.47. The molecule has 2 amide bonds. The van der Waals surface area contributed by atoms with Crippen LogP contribution in [0.15, 0.2) is 36.4 Å². The Labute approximate surface area is 164 Å². The van der Waals surface area contributed by atoms with E-state index in [9.17, 15) is 9.59 Å². The molecule has 1 unspecified atom stereocenters. The van der Waals surface area contributed by atoms with Gasteiger partial charge in [-0.15, -0.1) is 0 Å². The number of benzene rings is 2. The van der Waals surface area contributed by atoms with Crippen molar-refractivity contribution in [3.8, 4) is 11.5 Å². The highest BCUT2D eigenvalue weighted by Crippen LogP contribution is 2.38. The number of carbonyl (C=O) groups excluding carboxylic acids is 2. The molecule has 2 N–H and O–H groups in total. The Balaban J connectivity index is 1.74. The lowest BCUT2D eigenvalue weighted by Gasteiger charge is -2.14. The number of anilines is 2. The van der Waals surface area contributed by atoms with Gasteiger partial charge in [-0.3, -0.25) is 10.1 Å². The summed E-state index contributed by atoms with van der Waals surface area (Å²) in [6.45, 7) is 6.41. The van der Waals surface area contributed by atoms with E-state index in [1.807, 2.05) is 19.9 Å². The fourth-order valence-electron chi connectivity index (χ4n) is 3.00. The monoisotopic (exact) mass is 384 g/mol. The molecule has 0 fully saturated rings. The molecule has 7 heteroatoms. The zero-order chi connectivity index (χ0) is 20.1. The molecule has 0 spiro atoms. The second-order valence-electron chi connectivity index (χ2n) is 6.40. The predicted octanol–water partition coefficient (Wildman–Crippen LogP) is 4.23. The predicted molar refractivity (Wildman–Crippen MR) is 106 cm³/mol. The van der Waals surface area contributed by atoms with Gasteiger partial charge in [-0.2, -0.15) is 0 Å². The second kappa shape index (κ2) is 8.65. The number of hydrogen-bond donors (Lipinski definition) is 2. The van der Waals surface area contributed by atoms with E-state index in [0.29, 0.717) is 29.3 Å². The van der Waals surface area contributed by atoms with Gasteiger partial charge in [0.25, 0.3) is 5.91 Å². The minimum absolute atomic E-state index is 0.106. The summed E-state index contributed by atoms with van der Waals surface area (Å²) in [6.07, 6.45) is 0.391. The molecule has 0 aromatic heterocycles. The van der Waals surface area contributed by atoms with Crippen molar-refractivity contribution in [2.45, 2.75) is 33.3 Å². The molecule has 1 aliphatic rings. The zero-order valence-corrected chi connectivity index (χ0v) is 16.2. The number of hydrogen-bond acceptors (Lipinski definition) is 5. The molecular weight excluding hydrogens is 360 g/mol. The Morgan fingerprint density at radius 1 is 1.11 bits per heavy atom. The van der Waals surface area contributed by atoms with Crippen LogP contribution >= 0.6 is 0 Å². The molecule has 148 valence electrons. The molecule has 1 atom stereocenters. The van der Waals surface area contributed by atoms with Crippen LogP contribution in [0.5, 0.6) is 11.5 Å². The van der Waals surface area contributed by atoms with E-state index in [1.54, 1.807) is 37.3 Å². The Hall–Kier alpha value is -3.22. The minimum Gasteiger partial charge on any atom is -0.492 e. The van der Waals surface area contributed by atoms with Gasteiger partial charge in [-0.25, -0.2) is 4.79 Å². The highest BCUT2D eigenvalue weighted by molar-refractivity contribution is 6.05. The molecule has 28 heavy (non-hydrogen) atoms. The van der Waals surface area contributed by atoms with Gasteiger partial charge >= 0.3 is 6.09 Å². The molecule has 3 rings (SSSR count). The minimum atomic E-state index is -0.534. The molecule has 2 aromatic carbocycles. The van der Waals surface area contributed by atoms with E-state index >= 15 is 0 Å². The molecule has 0 radical (unpaired) electrons. The average Bonchev–Trinajstić information content (AvgIpc) is 3.01. The summed E-state index contributed by atoms with van der Waals surface area (Å²) in [5.41, 5.74) is 2.63. The van der Waals surface area contributed by atoms with Crippen LogP contribution in [0, 0.1) is 0 Å². The molecule has 0 saturated carbocycles. The van der Waals surface area contributed by atoms with Crippen LogP contribution < -0.4 is 20.1 Å². The summed E-state index contributed by atoms with van der Waals surface area (Å²) < 4.78 is 16.3. The molecule has 7 nitrogen and oxygen atoms in total.